The number of rotatable bonds is 6. The monoisotopic (exact) mass is 299 g/mol. The smallest absolute Gasteiger partial charge is 0.123 e. The lowest BCUT2D eigenvalue weighted by Crippen LogP contribution is -2.15. The van der Waals surface area contributed by atoms with Crippen molar-refractivity contribution in [3.63, 3.8) is 0 Å². The van der Waals surface area contributed by atoms with Crippen LogP contribution in [0.1, 0.15) is 18.1 Å². The summed E-state index contributed by atoms with van der Waals surface area (Å²) in [6.45, 7) is 4.09. The zero-order chi connectivity index (χ0) is 14.5. The maximum atomic E-state index is 5.97. The second-order valence-electron chi connectivity index (χ2n) is 5.29. The maximum Gasteiger partial charge on any atom is 0.123 e. The van der Waals surface area contributed by atoms with Crippen molar-refractivity contribution in [3.05, 3.63) is 59.7 Å². The van der Waals surface area contributed by atoms with Crippen LogP contribution in [0, 0.1) is 0 Å². The van der Waals surface area contributed by atoms with Gasteiger partial charge in [-0.1, -0.05) is 37.3 Å². The van der Waals surface area contributed by atoms with Crippen molar-refractivity contribution in [2.24, 2.45) is 0 Å². The van der Waals surface area contributed by atoms with Crippen LogP contribution in [0.25, 0.3) is 0 Å². The van der Waals surface area contributed by atoms with E-state index in [0.717, 1.165) is 31.0 Å². The van der Waals surface area contributed by atoms with E-state index < -0.39 is 0 Å². The van der Waals surface area contributed by atoms with E-state index in [1.807, 2.05) is 17.8 Å². The molecule has 1 heterocycles. The molecule has 1 atom stereocenters. The van der Waals surface area contributed by atoms with Crippen LogP contribution in [-0.4, -0.2) is 18.4 Å². The van der Waals surface area contributed by atoms with Gasteiger partial charge in [0.1, 0.15) is 11.9 Å². The minimum atomic E-state index is 0.300. The topological polar surface area (TPSA) is 21.3 Å². The van der Waals surface area contributed by atoms with Crippen LogP contribution in [0.15, 0.2) is 53.4 Å². The zero-order valence-corrected chi connectivity index (χ0v) is 13.2. The van der Waals surface area contributed by atoms with Gasteiger partial charge in [0.05, 0.1) is 0 Å². The Morgan fingerprint density at radius 2 is 1.95 bits per heavy atom. The quantitative estimate of drug-likeness (QED) is 0.818. The highest BCUT2D eigenvalue weighted by atomic mass is 32.2. The Morgan fingerprint density at radius 1 is 1.14 bits per heavy atom. The second-order valence-corrected chi connectivity index (χ2v) is 6.38. The van der Waals surface area contributed by atoms with Crippen molar-refractivity contribution in [2.75, 3.05) is 12.3 Å². The molecule has 0 saturated heterocycles. The fraction of sp³-hybridized carbons (Fsp3) is 0.333. The van der Waals surface area contributed by atoms with Crippen LogP contribution < -0.4 is 10.1 Å². The molecule has 1 aliphatic heterocycles. The third-order valence-electron chi connectivity index (χ3n) is 3.65. The third kappa shape index (κ3) is 3.80. The van der Waals surface area contributed by atoms with Gasteiger partial charge in [0.15, 0.2) is 0 Å². The summed E-state index contributed by atoms with van der Waals surface area (Å²) in [5, 5.41) is 3.34. The van der Waals surface area contributed by atoms with Crippen molar-refractivity contribution in [1.29, 1.82) is 0 Å². The first-order chi connectivity index (χ1) is 10.3. The van der Waals surface area contributed by atoms with Crippen molar-refractivity contribution in [2.45, 2.75) is 30.9 Å². The standard InChI is InChI=1S/C18H21NOS/c1-2-19-12-14-7-9-17(10-8-14)21-13-16-11-15-5-3-4-6-18(15)20-16/h3-10,16,19H,2,11-13H2,1H3. The highest BCUT2D eigenvalue weighted by molar-refractivity contribution is 7.99. The molecule has 110 valence electrons. The number of para-hydroxylation sites is 1. The molecule has 0 aromatic heterocycles. The van der Waals surface area contributed by atoms with E-state index in [-0.39, 0.29) is 0 Å². The highest BCUT2D eigenvalue weighted by Gasteiger charge is 2.22. The van der Waals surface area contributed by atoms with Crippen LogP contribution in [0.5, 0.6) is 5.75 Å². The number of fused-ring (bicyclic) bond motifs is 1. The fourth-order valence-electron chi connectivity index (χ4n) is 2.51. The van der Waals surface area contributed by atoms with Gasteiger partial charge in [-0.3, -0.25) is 0 Å². The number of ether oxygens (including phenoxy) is 1. The van der Waals surface area contributed by atoms with E-state index in [2.05, 4.69) is 54.7 Å². The van der Waals surface area contributed by atoms with Gasteiger partial charge < -0.3 is 10.1 Å². The molecule has 2 aromatic rings. The van der Waals surface area contributed by atoms with Gasteiger partial charge in [0.2, 0.25) is 0 Å². The average Bonchev–Trinajstić information content (AvgIpc) is 2.95. The number of nitrogens with one attached hydrogen (secondary N) is 1. The van der Waals surface area contributed by atoms with Gasteiger partial charge in [-0.15, -0.1) is 11.8 Å². The Hall–Kier alpha value is -1.45. The summed E-state index contributed by atoms with van der Waals surface area (Å²) < 4.78 is 5.97. The van der Waals surface area contributed by atoms with Gasteiger partial charge in [0.25, 0.3) is 0 Å². The van der Waals surface area contributed by atoms with Crippen LogP contribution in [-0.2, 0) is 13.0 Å². The molecule has 1 unspecified atom stereocenters. The van der Waals surface area contributed by atoms with Crippen LogP contribution in [0.2, 0.25) is 0 Å². The Bertz CT molecular complexity index is 557. The number of thioether (sulfide) groups is 1. The molecule has 0 fully saturated rings. The summed E-state index contributed by atoms with van der Waals surface area (Å²) in [5.74, 6) is 2.06. The van der Waals surface area contributed by atoms with E-state index in [1.54, 1.807) is 0 Å². The molecule has 0 spiro atoms. The Morgan fingerprint density at radius 3 is 2.71 bits per heavy atom. The van der Waals surface area contributed by atoms with Crippen molar-refractivity contribution >= 4 is 11.8 Å². The zero-order valence-electron chi connectivity index (χ0n) is 12.3. The van der Waals surface area contributed by atoms with Crippen molar-refractivity contribution in [1.82, 2.24) is 5.32 Å². The summed E-state index contributed by atoms with van der Waals surface area (Å²) in [7, 11) is 0. The van der Waals surface area contributed by atoms with Crippen LogP contribution in [0.4, 0.5) is 0 Å². The average molecular weight is 299 g/mol. The van der Waals surface area contributed by atoms with Crippen LogP contribution in [0.3, 0.4) is 0 Å². The largest absolute Gasteiger partial charge is 0.489 e. The third-order valence-corrected chi connectivity index (χ3v) is 4.80. The van der Waals surface area contributed by atoms with E-state index in [4.69, 9.17) is 4.74 Å². The van der Waals surface area contributed by atoms with Gasteiger partial charge in [-0.25, -0.2) is 0 Å². The molecule has 0 amide bonds. The maximum absolute atomic E-state index is 5.97. The van der Waals surface area contributed by atoms with Gasteiger partial charge in [0, 0.05) is 23.6 Å². The lowest BCUT2D eigenvalue weighted by molar-refractivity contribution is 0.259. The Labute approximate surface area is 130 Å². The summed E-state index contributed by atoms with van der Waals surface area (Å²) in [4.78, 5) is 1.31. The summed E-state index contributed by atoms with van der Waals surface area (Å²) in [5.41, 5.74) is 2.68. The lowest BCUT2D eigenvalue weighted by Gasteiger charge is -2.10. The lowest BCUT2D eigenvalue weighted by atomic mass is 10.1. The molecule has 21 heavy (non-hydrogen) atoms. The Kier molecular flexibility index (Phi) is 4.84. The SMILES string of the molecule is CCNCc1ccc(SCC2Cc3ccccc3O2)cc1. The molecular weight excluding hydrogens is 278 g/mol. The molecule has 1 aliphatic rings. The molecule has 3 heteroatoms. The fourth-order valence-corrected chi connectivity index (χ4v) is 3.40. The number of hydrogen-bond donors (Lipinski definition) is 1. The van der Waals surface area contributed by atoms with E-state index in [0.29, 0.717) is 6.10 Å². The van der Waals surface area contributed by atoms with Gasteiger partial charge in [-0.05, 0) is 35.9 Å². The first kappa shape index (κ1) is 14.5. The molecular formula is C18H21NOS. The normalized spacial score (nSPS) is 16.5. The number of benzene rings is 2. The highest BCUT2D eigenvalue weighted by Crippen LogP contribution is 2.31. The molecule has 3 rings (SSSR count). The predicted octanol–water partition coefficient (Wildman–Crippen LogP) is 3.89. The van der Waals surface area contributed by atoms with E-state index in [1.165, 1.54) is 16.0 Å². The first-order valence-corrected chi connectivity index (χ1v) is 8.50. The molecule has 0 radical (unpaired) electrons. The molecule has 0 aliphatic carbocycles. The van der Waals surface area contributed by atoms with Gasteiger partial charge in [-0.2, -0.15) is 0 Å². The first-order valence-electron chi connectivity index (χ1n) is 7.52. The second kappa shape index (κ2) is 7.01. The molecule has 0 saturated carbocycles. The molecule has 1 N–H and O–H groups in total. The predicted molar refractivity (Wildman–Crippen MR) is 89.1 cm³/mol. The Balaban J connectivity index is 1.50. The number of hydrogen-bond acceptors (Lipinski definition) is 3. The summed E-state index contributed by atoms with van der Waals surface area (Å²) in [6, 6.07) is 17.2. The summed E-state index contributed by atoms with van der Waals surface area (Å²) in [6.07, 6.45) is 1.33. The van der Waals surface area contributed by atoms with E-state index >= 15 is 0 Å². The molecule has 0 bridgehead atoms. The summed E-state index contributed by atoms with van der Waals surface area (Å²) >= 11 is 1.88. The minimum Gasteiger partial charge on any atom is -0.489 e. The minimum absolute atomic E-state index is 0.300. The van der Waals surface area contributed by atoms with E-state index in [9.17, 15) is 0 Å². The molecule has 2 nitrogen and oxygen atoms in total. The van der Waals surface area contributed by atoms with Crippen LogP contribution >= 0.6 is 11.8 Å². The molecule has 2 aromatic carbocycles. The van der Waals surface area contributed by atoms with Crippen molar-refractivity contribution in [3.8, 4) is 5.75 Å². The van der Waals surface area contributed by atoms with Crippen molar-refractivity contribution < 1.29 is 4.74 Å². The van der Waals surface area contributed by atoms with Gasteiger partial charge >= 0.3 is 0 Å².